The van der Waals surface area contributed by atoms with Crippen molar-refractivity contribution in [3.8, 4) is 23.3 Å². The molecule has 1 aromatic heterocycles. The number of nitrogens with zero attached hydrogens (tertiary/aromatic N) is 2. The first kappa shape index (κ1) is 13.6. The average Bonchev–Trinajstić information content (AvgIpc) is 2.45. The second kappa shape index (κ2) is 5.42. The minimum Gasteiger partial charge on any atom is -0.325 e. The largest absolute Gasteiger partial charge is 0.325 e. The normalized spacial score (nSPS) is 9.80. The van der Waals surface area contributed by atoms with Gasteiger partial charge in [-0.05, 0) is 42.7 Å². The van der Waals surface area contributed by atoms with Crippen molar-refractivity contribution in [3.63, 3.8) is 0 Å². The smallest absolute Gasteiger partial charge is 0.266 e. The van der Waals surface area contributed by atoms with Gasteiger partial charge in [-0.3, -0.25) is 4.79 Å². The fourth-order valence-electron chi connectivity index (χ4n) is 2.23. The van der Waals surface area contributed by atoms with E-state index >= 15 is 0 Å². The molecule has 0 radical (unpaired) electrons. The topological polar surface area (TPSA) is 80.4 Å². The second-order valence-electron chi connectivity index (χ2n) is 4.52. The maximum absolute atomic E-state index is 11.9. The number of nitrogens with one attached hydrogen (secondary N) is 1. The molecule has 1 aromatic carbocycles. The van der Waals surface area contributed by atoms with Crippen molar-refractivity contribution < 1.29 is 0 Å². The highest BCUT2D eigenvalue weighted by molar-refractivity contribution is 5.74. The van der Waals surface area contributed by atoms with Gasteiger partial charge in [-0.25, -0.2) is 0 Å². The van der Waals surface area contributed by atoms with Gasteiger partial charge in [0.05, 0.1) is 11.6 Å². The van der Waals surface area contributed by atoms with E-state index in [2.05, 4.69) is 11.1 Å². The first-order valence-electron chi connectivity index (χ1n) is 6.28. The van der Waals surface area contributed by atoms with Gasteiger partial charge in [0.25, 0.3) is 5.56 Å². The average molecular weight is 263 g/mol. The predicted octanol–water partition coefficient (Wildman–Crippen LogP) is 2.66. The van der Waals surface area contributed by atoms with E-state index in [1.165, 1.54) is 0 Å². The van der Waals surface area contributed by atoms with E-state index in [-0.39, 0.29) is 11.1 Å². The molecule has 0 saturated carbocycles. The SMILES string of the molecule is CCc1cc(C#N)ccc1-c1cc(C)[nH]c(=O)c1C#N. The van der Waals surface area contributed by atoms with Gasteiger partial charge in [0.2, 0.25) is 0 Å². The number of pyridine rings is 1. The van der Waals surface area contributed by atoms with Crippen LogP contribution in [0.1, 0.15) is 29.3 Å². The highest BCUT2D eigenvalue weighted by atomic mass is 16.1. The van der Waals surface area contributed by atoms with Crippen molar-refractivity contribution in [1.82, 2.24) is 4.98 Å². The summed E-state index contributed by atoms with van der Waals surface area (Å²) in [7, 11) is 0. The Balaban J connectivity index is 2.79. The molecular weight excluding hydrogens is 250 g/mol. The van der Waals surface area contributed by atoms with Crippen LogP contribution in [0.2, 0.25) is 0 Å². The molecule has 1 heterocycles. The Hall–Kier alpha value is -2.85. The number of aromatic nitrogens is 1. The quantitative estimate of drug-likeness (QED) is 0.904. The summed E-state index contributed by atoms with van der Waals surface area (Å²) in [5.74, 6) is 0. The van der Waals surface area contributed by atoms with Crippen molar-refractivity contribution in [1.29, 1.82) is 10.5 Å². The summed E-state index contributed by atoms with van der Waals surface area (Å²) in [6.07, 6.45) is 0.724. The molecule has 0 aliphatic rings. The lowest BCUT2D eigenvalue weighted by Crippen LogP contribution is -2.13. The molecule has 0 fully saturated rings. The van der Waals surface area contributed by atoms with E-state index in [0.717, 1.165) is 17.5 Å². The predicted molar refractivity (Wildman–Crippen MR) is 76.0 cm³/mol. The molecular formula is C16H13N3O. The number of benzene rings is 1. The van der Waals surface area contributed by atoms with Gasteiger partial charge in [0.15, 0.2) is 0 Å². The van der Waals surface area contributed by atoms with Gasteiger partial charge in [0, 0.05) is 11.3 Å². The van der Waals surface area contributed by atoms with Crippen molar-refractivity contribution in [2.24, 2.45) is 0 Å². The Morgan fingerprint density at radius 2 is 1.90 bits per heavy atom. The molecule has 0 atom stereocenters. The number of aryl methyl sites for hydroxylation is 2. The van der Waals surface area contributed by atoms with Crippen LogP contribution in [0.4, 0.5) is 0 Å². The van der Waals surface area contributed by atoms with Gasteiger partial charge in [0.1, 0.15) is 11.6 Å². The molecule has 20 heavy (non-hydrogen) atoms. The fraction of sp³-hybridized carbons (Fsp3) is 0.188. The van der Waals surface area contributed by atoms with E-state index in [9.17, 15) is 10.1 Å². The molecule has 2 rings (SSSR count). The number of hydrogen-bond acceptors (Lipinski definition) is 3. The van der Waals surface area contributed by atoms with E-state index in [4.69, 9.17) is 5.26 Å². The Kier molecular flexibility index (Phi) is 3.68. The van der Waals surface area contributed by atoms with Crippen molar-refractivity contribution in [2.45, 2.75) is 20.3 Å². The lowest BCUT2D eigenvalue weighted by atomic mass is 9.93. The number of hydrogen-bond donors (Lipinski definition) is 1. The van der Waals surface area contributed by atoms with Crippen LogP contribution in [0.15, 0.2) is 29.1 Å². The molecule has 4 heteroatoms. The van der Waals surface area contributed by atoms with Crippen LogP contribution < -0.4 is 5.56 Å². The summed E-state index contributed by atoms with van der Waals surface area (Å²) in [5.41, 5.74) is 3.41. The van der Waals surface area contributed by atoms with Crippen LogP contribution in [-0.4, -0.2) is 4.98 Å². The van der Waals surface area contributed by atoms with Crippen LogP contribution in [0.3, 0.4) is 0 Å². The van der Waals surface area contributed by atoms with E-state index in [1.54, 1.807) is 31.2 Å². The minimum atomic E-state index is -0.381. The number of H-pyrrole nitrogens is 1. The van der Waals surface area contributed by atoms with E-state index in [1.807, 2.05) is 13.0 Å². The summed E-state index contributed by atoms with van der Waals surface area (Å²) in [4.78, 5) is 14.5. The molecule has 0 aliphatic carbocycles. The molecule has 0 bridgehead atoms. The molecule has 4 nitrogen and oxygen atoms in total. The standard InChI is InChI=1S/C16H13N3O/c1-3-12-7-11(8-17)4-5-13(12)14-6-10(2)19-16(20)15(14)9-18/h4-7H,3H2,1-2H3,(H,19,20). The molecule has 0 amide bonds. The first-order chi connectivity index (χ1) is 9.60. The number of nitriles is 2. The van der Waals surface area contributed by atoms with Crippen LogP contribution in [0, 0.1) is 29.6 Å². The third kappa shape index (κ3) is 2.32. The summed E-state index contributed by atoms with van der Waals surface area (Å²) in [5, 5.41) is 18.1. The molecule has 0 aliphatic heterocycles. The molecule has 0 spiro atoms. The first-order valence-corrected chi connectivity index (χ1v) is 6.28. The molecule has 0 unspecified atom stereocenters. The number of aromatic amines is 1. The zero-order valence-electron chi connectivity index (χ0n) is 11.3. The van der Waals surface area contributed by atoms with Crippen LogP contribution in [0.5, 0.6) is 0 Å². The lowest BCUT2D eigenvalue weighted by Gasteiger charge is -2.10. The summed E-state index contributed by atoms with van der Waals surface area (Å²) >= 11 is 0. The molecule has 98 valence electrons. The Morgan fingerprint density at radius 3 is 2.50 bits per heavy atom. The molecule has 1 N–H and O–H groups in total. The Morgan fingerprint density at radius 1 is 1.15 bits per heavy atom. The second-order valence-corrected chi connectivity index (χ2v) is 4.52. The van der Waals surface area contributed by atoms with Crippen molar-refractivity contribution in [2.75, 3.05) is 0 Å². The zero-order valence-corrected chi connectivity index (χ0v) is 11.3. The van der Waals surface area contributed by atoms with Gasteiger partial charge < -0.3 is 4.98 Å². The lowest BCUT2D eigenvalue weighted by molar-refractivity contribution is 1.11. The highest BCUT2D eigenvalue weighted by Gasteiger charge is 2.13. The molecule has 2 aromatic rings. The van der Waals surface area contributed by atoms with Crippen LogP contribution in [0.25, 0.3) is 11.1 Å². The van der Waals surface area contributed by atoms with Gasteiger partial charge >= 0.3 is 0 Å². The van der Waals surface area contributed by atoms with Crippen molar-refractivity contribution in [3.05, 3.63) is 57.0 Å². The Labute approximate surface area is 116 Å². The summed E-state index contributed by atoms with van der Waals surface area (Å²) < 4.78 is 0. The third-order valence-corrected chi connectivity index (χ3v) is 3.19. The third-order valence-electron chi connectivity index (χ3n) is 3.19. The maximum atomic E-state index is 11.9. The number of rotatable bonds is 2. The van der Waals surface area contributed by atoms with Gasteiger partial charge in [-0.2, -0.15) is 10.5 Å². The summed E-state index contributed by atoms with van der Waals surface area (Å²) in [6.45, 7) is 3.76. The minimum absolute atomic E-state index is 0.106. The fourth-order valence-corrected chi connectivity index (χ4v) is 2.23. The van der Waals surface area contributed by atoms with Crippen LogP contribution >= 0.6 is 0 Å². The van der Waals surface area contributed by atoms with Gasteiger partial charge in [-0.15, -0.1) is 0 Å². The monoisotopic (exact) mass is 263 g/mol. The highest BCUT2D eigenvalue weighted by Crippen LogP contribution is 2.27. The summed E-state index contributed by atoms with van der Waals surface area (Å²) in [6, 6.07) is 11.1. The van der Waals surface area contributed by atoms with E-state index in [0.29, 0.717) is 16.8 Å². The van der Waals surface area contributed by atoms with Crippen LogP contribution in [-0.2, 0) is 6.42 Å². The van der Waals surface area contributed by atoms with Crippen molar-refractivity contribution >= 4 is 0 Å². The Bertz CT molecular complexity index is 804. The zero-order chi connectivity index (χ0) is 14.7. The maximum Gasteiger partial charge on any atom is 0.266 e. The van der Waals surface area contributed by atoms with Gasteiger partial charge in [-0.1, -0.05) is 13.0 Å². The molecule has 0 saturated heterocycles. The van der Waals surface area contributed by atoms with E-state index < -0.39 is 0 Å².